The Bertz CT molecular complexity index is 906. The lowest BCUT2D eigenvalue weighted by molar-refractivity contribution is -0.155. The summed E-state index contributed by atoms with van der Waals surface area (Å²) >= 11 is 1.41. The van der Waals surface area contributed by atoms with E-state index in [9.17, 15) is 19.2 Å². The molecule has 7 nitrogen and oxygen atoms in total. The number of nitrogens with one attached hydrogen (secondary N) is 1. The molecule has 0 spiro atoms. The van der Waals surface area contributed by atoms with Gasteiger partial charge < -0.3 is 14.8 Å². The van der Waals surface area contributed by atoms with Crippen LogP contribution in [-0.2, 0) is 36.7 Å². The molecule has 2 bridgehead atoms. The van der Waals surface area contributed by atoms with Crippen LogP contribution >= 0.6 is 11.3 Å². The number of hydrogen-bond acceptors (Lipinski definition) is 7. The summed E-state index contributed by atoms with van der Waals surface area (Å²) in [5.41, 5.74) is 1.41. The van der Waals surface area contributed by atoms with Crippen molar-refractivity contribution in [2.24, 2.45) is 23.7 Å². The molecule has 3 atom stereocenters. The summed E-state index contributed by atoms with van der Waals surface area (Å²) < 4.78 is 10.5. The quantitative estimate of drug-likeness (QED) is 0.645. The molecule has 8 heteroatoms. The predicted molar refractivity (Wildman–Crippen MR) is 120 cm³/mol. The second-order valence-electron chi connectivity index (χ2n) is 9.33. The van der Waals surface area contributed by atoms with Crippen LogP contribution in [0.15, 0.2) is 0 Å². The van der Waals surface area contributed by atoms with Crippen molar-refractivity contribution in [3.05, 3.63) is 16.0 Å². The SMILES string of the molecule is CCOC(=O)c1c(NC(=O)COC(=O)C2CC3CCCC(C2)C3=O)sc2c1CCC(C)C2. The zero-order chi connectivity index (χ0) is 22.8. The van der Waals surface area contributed by atoms with Gasteiger partial charge in [-0.25, -0.2) is 4.79 Å². The number of anilines is 1. The third kappa shape index (κ3) is 4.75. The number of Topliss-reactive ketones (excluding diaryl/α,β-unsaturated/α-hetero) is 1. The molecule has 0 aromatic carbocycles. The standard InChI is InChI=1S/C24H31NO6S/c1-3-30-24(29)20-17-8-7-13(2)9-18(17)32-22(20)25-19(26)12-31-23(28)16-10-14-5-4-6-15(11-16)21(14)27/h13-16H,3-12H2,1-2H3,(H,25,26). The second-order valence-corrected chi connectivity index (χ2v) is 10.4. The number of fused-ring (bicyclic) bond motifs is 3. The zero-order valence-electron chi connectivity index (χ0n) is 18.7. The fraction of sp³-hybridized carbons (Fsp3) is 0.667. The van der Waals surface area contributed by atoms with E-state index in [1.165, 1.54) is 11.3 Å². The Morgan fingerprint density at radius 1 is 1.09 bits per heavy atom. The molecule has 2 saturated carbocycles. The first-order chi connectivity index (χ1) is 15.4. The second kappa shape index (κ2) is 9.73. The molecule has 4 rings (SSSR count). The maximum absolute atomic E-state index is 12.6. The lowest BCUT2D eigenvalue weighted by Crippen LogP contribution is -2.40. The number of rotatable bonds is 6. The van der Waals surface area contributed by atoms with Gasteiger partial charge in [0.05, 0.1) is 18.1 Å². The number of carbonyl (C=O) groups is 4. The number of hydrogen-bond donors (Lipinski definition) is 1. The molecule has 2 fully saturated rings. The average molecular weight is 462 g/mol. The minimum atomic E-state index is -0.470. The van der Waals surface area contributed by atoms with Crippen LogP contribution in [-0.4, -0.2) is 36.8 Å². The molecule has 32 heavy (non-hydrogen) atoms. The van der Waals surface area contributed by atoms with Crippen LogP contribution in [0, 0.1) is 23.7 Å². The van der Waals surface area contributed by atoms with E-state index in [1.807, 2.05) is 0 Å². The number of ether oxygens (including phenoxy) is 2. The Morgan fingerprint density at radius 3 is 2.50 bits per heavy atom. The lowest BCUT2D eigenvalue weighted by Gasteiger charge is -2.36. The van der Waals surface area contributed by atoms with Crippen molar-refractivity contribution >= 4 is 40.0 Å². The molecule has 3 aliphatic rings. The molecule has 174 valence electrons. The number of carbonyl (C=O) groups excluding carboxylic acids is 4. The van der Waals surface area contributed by atoms with Gasteiger partial charge in [-0.05, 0) is 63.4 Å². The topological polar surface area (TPSA) is 98.8 Å². The fourth-order valence-electron chi connectivity index (χ4n) is 5.35. The monoisotopic (exact) mass is 461 g/mol. The Labute approximate surface area is 192 Å². The maximum atomic E-state index is 12.6. The minimum Gasteiger partial charge on any atom is -0.462 e. The van der Waals surface area contributed by atoms with Crippen molar-refractivity contribution in [2.45, 2.75) is 65.2 Å². The normalized spacial score (nSPS) is 26.8. The summed E-state index contributed by atoms with van der Waals surface area (Å²) in [6.07, 6.45) is 6.44. The van der Waals surface area contributed by atoms with E-state index in [4.69, 9.17) is 9.47 Å². The van der Waals surface area contributed by atoms with Crippen molar-refractivity contribution < 1.29 is 28.7 Å². The first-order valence-corrected chi connectivity index (χ1v) is 12.5. The van der Waals surface area contributed by atoms with Crippen LogP contribution in [0.4, 0.5) is 5.00 Å². The molecule has 0 saturated heterocycles. The smallest absolute Gasteiger partial charge is 0.341 e. The van der Waals surface area contributed by atoms with Crippen molar-refractivity contribution in [3.8, 4) is 0 Å². The van der Waals surface area contributed by atoms with Crippen molar-refractivity contribution in [1.82, 2.24) is 0 Å². The van der Waals surface area contributed by atoms with Gasteiger partial charge in [0.2, 0.25) is 0 Å². The molecule has 0 aliphatic heterocycles. The first kappa shape index (κ1) is 23.0. The summed E-state index contributed by atoms with van der Waals surface area (Å²) in [5.74, 6) is -0.881. The molecule has 1 N–H and O–H groups in total. The van der Waals surface area contributed by atoms with Crippen LogP contribution in [0.1, 0.15) is 73.2 Å². The molecular formula is C24H31NO6S. The summed E-state index contributed by atoms with van der Waals surface area (Å²) in [5, 5.41) is 3.25. The largest absolute Gasteiger partial charge is 0.462 e. The van der Waals surface area contributed by atoms with E-state index in [-0.39, 0.29) is 24.4 Å². The van der Waals surface area contributed by atoms with E-state index >= 15 is 0 Å². The summed E-state index contributed by atoms with van der Waals surface area (Å²) in [4.78, 5) is 51.0. The van der Waals surface area contributed by atoms with E-state index in [2.05, 4.69) is 12.2 Å². The van der Waals surface area contributed by atoms with Gasteiger partial charge in [-0.3, -0.25) is 14.4 Å². The van der Waals surface area contributed by atoms with Gasteiger partial charge in [-0.1, -0.05) is 13.3 Å². The Balaban J connectivity index is 1.38. The van der Waals surface area contributed by atoms with Crippen molar-refractivity contribution in [2.75, 3.05) is 18.5 Å². The Kier molecular flexibility index (Phi) is 6.98. The zero-order valence-corrected chi connectivity index (χ0v) is 19.6. The highest BCUT2D eigenvalue weighted by Gasteiger charge is 2.42. The van der Waals surface area contributed by atoms with Gasteiger partial charge >= 0.3 is 11.9 Å². The highest BCUT2D eigenvalue weighted by atomic mass is 32.1. The van der Waals surface area contributed by atoms with Crippen molar-refractivity contribution in [1.29, 1.82) is 0 Å². The van der Waals surface area contributed by atoms with Crippen LogP contribution in [0.3, 0.4) is 0 Å². The highest BCUT2D eigenvalue weighted by Crippen LogP contribution is 2.41. The number of esters is 2. The maximum Gasteiger partial charge on any atom is 0.341 e. The molecule has 1 heterocycles. The van der Waals surface area contributed by atoms with E-state index in [0.717, 1.165) is 49.0 Å². The average Bonchev–Trinajstić information content (AvgIpc) is 3.08. The number of thiophene rings is 1. The molecule has 1 amide bonds. The molecule has 1 aromatic rings. The molecule has 1 aromatic heterocycles. The van der Waals surface area contributed by atoms with Crippen LogP contribution < -0.4 is 5.32 Å². The summed E-state index contributed by atoms with van der Waals surface area (Å²) in [6, 6.07) is 0. The Hall–Kier alpha value is -2.22. The van der Waals surface area contributed by atoms with Crippen LogP contribution in [0.2, 0.25) is 0 Å². The number of amides is 1. The summed E-state index contributed by atoms with van der Waals surface area (Å²) in [7, 11) is 0. The van der Waals surface area contributed by atoms with E-state index < -0.39 is 24.5 Å². The van der Waals surface area contributed by atoms with Gasteiger partial charge in [0.25, 0.3) is 5.91 Å². The Morgan fingerprint density at radius 2 is 1.81 bits per heavy atom. The predicted octanol–water partition coefficient (Wildman–Crippen LogP) is 3.93. The fourth-order valence-corrected chi connectivity index (χ4v) is 6.76. The van der Waals surface area contributed by atoms with Gasteiger partial charge in [-0.2, -0.15) is 0 Å². The lowest BCUT2D eigenvalue weighted by atomic mass is 9.67. The van der Waals surface area contributed by atoms with Gasteiger partial charge in [0, 0.05) is 16.7 Å². The number of ketones is 1. The first-order valence-electron chi connectivity index (χ1n) is 11.7. The van der Waals surface area contributed by atoms with E-state index in [0.29, 0.717) is 35.1 Å². The summed E-state index contributed by atoms with van der Waals surface area (Å²) in [6.45, 7) is 3.79. The van der Waals surface area contributed by atoms with Gasteiger partial charge in [0.1, 0.15) is 10.8 Å². The van der Waals surface area contributed by atoms with Crippen LogP contribution in [0.25, 0.3) is 0 Å². The molecular weight excluding hydrogens is 430 g/mol. The van der Waals surface area contributed by atoms with E-state index in [1.54, 1.807) is 6.92 Å². The molecule has 0 radical (unpaired) electrons. The molecule has 3 unspecified atom stereocenters. The third-order valence-electron chi connectivity index (χ3n) is 6.97. The minimum absolute atomic E-state index is 0.0409. The van der Waals surface area contributed by atoms with Gasteiger partial charge in [-0.15, -0.1) is 11.3 Å². The van der Waals surface area contributed by atoms with Crippen molar-refractivity contribution in [3.63, 3.8) is 0 Å². The molecule has 3 aliphatic carbocycles. The van der Waals surface area contributed by atoms with Crippen LogP contribution in [0.5, 0.6) is 0 Å². The van der Waals surface area contributed by atoms with Gasteiger partial charge in [0.15, 0.2) is 6.61 Å². The highest BCUT2D eigenvalue weighted by molar-refractivity contribution is 7.17. The third-order valence-corrected chi connectivity index (χ3v) is 8.14.